The molecule has 1 fully saturated rings. The Morgan fingerprint density at radius 2 is 1.94 bits per heavy atom. The van der Waals surface area contributed by atoms with Crippen LogP contribution in [0.2, 0.25) is 0 Å². The molecule has 0 aromatic rings. The van der Waals surface area contributed by atoms with Gasteiger partial charge >= 0.3 is 0 Å². The zero-order chi connectivity index (χ0) is 14.0. The molecule has 0 aromatic carbocycles. The fraction of sp³-hybridized carbons (Fsp3) is 0.857. The van der Waals surface area contributed by atoms with E-state index in [4.69, 9.17) is 1.37 Å². The number of hydrogen-bond donors (Lipinski definition) is 0. The van der Waals surface area contributed by atoms with Gasteiger partial charge in [-0.25, -0.2) is 0 Å². The maximum absolute atomic E-state index is 12.1. The van der Waals surface area contributed by atoms with Gasteiger partial charge in [-0.3, -0.25) is 4.79 Å². The molecule has 1 aliphatic rings. The van der Waals surface area contributed by atoms with Crippen LogP contribution >= 0.6 is 0 Å². The van der Waals surface area contributed by atoms with Crippen molar-refractivity contribution in [2.75, 3.05) is 6.54 Å². The maximum Gasteiger partial charge on any atom is 0.222 e. The first kappa shape index (κ1) is 12.6. The molecule has 0 aromatic heterocycles. The lowest BCUT2D eigenvalue weighted by molar-refractivity contribution is -0.138. The first-order valence-corrected chi connectivity index (χ1v) is 6.54. The summed E-state index contributed by atoms with van der Waals surface area (Å²) in [6, 6.07) is 0. The minimum atomic E-state index is -0.613. The van der Waals surface area contributed by atoms with Crippen LogP contribution in [-0.2, 0) is 9.59 Å². The molecule has 17 heavy (non-hydrogen) atoms. The fourth-order valence-electron chi connectivity index (χ4n) is 2.54. The quantitative estimate of drug-likeness (QED) is 0.709. The molecule has 0 heterocycles. The first-order valence-electron chi connectivity index (χ1n) is 7.04. The Labute approximate surface area is 106 Å². The highest BCUT2D eigenvalue weighted by atomic mass is 16.2. The van der Waals surface area contributed by atoms with Gasteiger partial charge in [0.05, 0.1) is 0 Å². The van der Waals surface area contributed by atoms with Crippen LogP contribution in [-0.4, -0.2) is 29.2 Å². The van der Waals surface area contributed by atoms with Gasteiger partial charge in [0.2, 0.25) is 5.91 Å². The molecule has 1 rings (SSSR count). The van der Waals surface area contributed by atoms with E-state index in [1.807, 2.05) is 27.7 Å². The smallest absolute Gasteiger partial charge is 0.222 e. The number of nitrogens with zero attached hydrogens (tertiary/aromatic N) is 1. The van der Waals surface area contributed by atoms with Crippen LogP contribution < -0.4 is 0 Å². The topological polar surface area (TPSA) is 37.4 Å². The van der Waals surface area contributed by atoms with E-state index >= 15 is 0 Å². The molecule has 0 atom stereocenters. The molecule has 3 nitrogen and oxygen atoms in total. The minimum absolute atomic E-state index is 0.0648. The molecule has 0 saturated heterocycles. The van der Waals surface area contributed by atoms with E-state index in [1.54, 1.807) is 4.90 Å². The maximum atomic E-state index is 12.1. The molecule has 98 valence electrons. The Morgan fingerprint density at radius 3 is 2.29 bits per heavy atom. The molecule has 0 spiro atoms. The molecule has 0 unspecified atom stereocenters. The summed E-state index contributed by atoms with van der Waals surface area (Å²) in [7, 11) is 0. The SMILES string of the molecule is [2H]C(=O)C1(CN(C(=O)CC)C(C)(C)C)CCCC1. The summed E-state index contributed by atoms with van der Waals surface area (Å²) in [6.07, 6.45) is 3.42. The number of aldehydes is 1. The van der Waals surface area contributed by atoms with E-state index in [0.29, 0.717) is 13.0 Å². The van der Waals surface area contributed by atoms with E-state index in [0.717, 1.165) is 25.7 Å². The van der Waals surface area contributed by atoms with Gasteiger partial charge in [-0.2, -0.15) is 0 Å². The second kappa shape index (κ2) is 5.19. The van der Waals surface area contributed by atoms with Gasteiger partial charge in [0.25, 0.3) is 0 Å². The van der Waals surface area contributed by atoms with E-state index in [1.165, 1.54) is 0 Å². The van der Waals surface area contributed by atoms with Crippen molar-refractivity contribution in [3.8, 4) is 0 Å². The molecule has 1 aliphatic carbocycles. The largest absolute Gasteiger partial charge is 0.337 e. The molecule has 1 amide bonds. The predicted molar refractivity (Wildman–Crippen MR) is 68.7 cm³/mol. The summed E-state index contributed by atoms with van der Waals surface area (Å²) in [5.74, 6) is 0.0648. The molecule has 0 bridgehead atoms. The molecular formula is C14H25NO2. The Hall–Kier alpha value is -0.860. The highest BCUT2D eigenvalue weighted by molar-refractivity contribution is 5.77. The Kier molecular flexibility index (Phi) is 3.85. The average Bonchev–Trinajstić information content (AvgIpc) is 2.73. The molecule has 3 heteroatoms. The summed E-state index contributed by atoms with van der Waals surface area (Å²) in [5, 5.41) is 0. The average molecular weight is 240 g/mol. The highest BCUT2D eigenvalue weighted by Crippen LogP contribution is 2.38. The van der Waals surface area contributed by atoms with Crippen LogP contribution in [0.15, 0.2) is 0 Å². The zero-order valence-electron chi connectivity index (χ0n) is 12.5. The molecular weight excluding hydrogens is 214 g/mol. The zero-order valence-corrected chi connectivity index (χ0v) is 11.5. The monoisotopic (exact) mass is 240 g/mol. The lowest BCUT2D eigenvalue weighted by Gasteiger charge is -2.40. The third-order valence-corrected chi connectivity index (χ3v) is 3.65. The van der Waals surface area contributed by atoms with E-state index in [9.17, 15) is 9.59 Å². The Bertz CT molecular complexity index is 327. The van der Waals surface area contributed by atoms with Crippen molar-refractivity contribution in [1.82, 2.24) is 4.90 Å². The van der Waals surface area contributed by atoms with Crippen LogP contribution in [0, 0.1) is 5.41 Å². The van der Waals surface area contributed by atoms with Gasteiger partial charge < -0.3 is 9.69 Å². The van der Waals surface area contributed by atoms with Gasteiger partial charge in [0.1, 0.15) is 7.63 Å². The number of carbonyl (C=O) groups is 2. The third-order valence-electron chi connectivity index (χ3n) is 3.65. The molecule has 0 N–H and O–H groups in total. The summed E-state index contributed by atoms with van der Waals surface area (Å²) < 4.78 is 7.54. The van der Waals surface area contributed by atoms with Crippen molar-refractivity contribution in [3.05, 3.63) is 0 Å². The standard InChI is InChI=1S/C14H25NO2/c1-5-12(17)15(13(2,3)4)10-14(11-16)8-6-7-9-14/h11H,5-10H2,1-4H3/i11D. The molecule has 0 aliphatic heterocycles. The van der Waals surface area contributed by atoms with Gasteiger partial charge in [-0.05, 0) is 33.6 Å². The Morgan fingerprint density at radius 1 is 1.41 bits per heavy atom. The second-order valence-corrected chi connectivity index (χ2v) is 6.09. The number of amides is 1. The van der Waals surface area contributed by atoms with Crippen LogP contribution in [0.3, 0.4) is 0 Å². The Balaban J connectivity index is 2.95. The van der Waals surface area contributed by atoms with Crippen LogP contribution in [0.5, 0.6) is 0 Å². The van der Waals surface area contributed by atoms with Gasteiger partial charge in [-0.15, -0.1) is 0 Å². The van der Waals surface area contributed by atoms with Crippen molar-refractivity contribution in [1.29, 1.82) is 0 Å². The number of hydrogen-bond acceptors (Lipinski definition) is 2. The van der Waals surface area contributed by atoms with Crippen molar-refractivity contribution in [3.63, 3.8) is 0 Å². The van der Waals surface area contributed by atoms with E-state index in [-0.39, 0.29) is 11.4 Å². The van der Waals surface area contributed by atoms with Crippen molar-refractivity contribution in [2.24, 2.45) is 5.41 Å². The van der Waals surface area contributed by atoms with Crippen LogP contribution in [0.25, 0.3) is 0 Å². The number of carbonyl (C=O) groups excluding carboxylic acids is 2. The van der Waals surface area contributed by atoms with E-state index < -0.39 is 11.7 Å². The highest BCUT2D eigenvalue weighted by Gasteiger charge is 2.39. The van der Waals surface area contributed by atoms with Gasteiger partial charge in [-0.1, -0.05) is 19.8 Å². The van der Waals surface area contributed by atoms with Crippen molar-refractivity contribution >= 4 is 12.2 Å². The lowest BCUT2D eigenvalue weighted by Crippen LogP contribution is -2.50. The van der Waals surface area contributed by atoms with Gasteiger partial charge in [0, 0.05) is 23.9 Å². The van der Waals surface area contributed by atoms with Crippen molar-refractivity contribution in [2.45, 2.75) is 65.3 Å². The lowest BCUT2D eigenvalue weighted by atomic mass is 9.85. The summed E-state index contributed by atoms with van der Waals surface area (Å²) in [6.45, 7) is 8.20. The summed E-state index contributed by atoms with van der Waals surface area (Å²) in [5.41, 5.74) is -0.907. The predicted octanol–water partition coefficient (Wildman–Crippen LogP) is 2.78. The van der Waals surface area contributed by atoms with Crippen LogP contribution in [0.1, 0.15) is 61.2 Å². The molecule has 1 saturated carbocycles. The second-order valence-electron chi connectivity index (χ2n) is 6.09. The normalized spacial score (nSPS) is 19.9. The van der Waals surface area contributed by atoms with E-state index in [2.05, 4.69) is 0 Å². The number of rotatable bonds is 4. The van der Waals surface area contributed by atoms with Crippen molar-refractivity contribution < 1.29 is 11.0 Å². The minimum Gasteiger partial charge on any atom is -0.337 e. The van der Waals surface area contributed by atoms with Gasteiger partial charge in [0.15, 0.2) is 0 Å². The fourth-order valence-corrected chi connectivity index (χ4v) is 2.54. The molecule has 0 radical (unpaired) electrons. The summed E-state index contributed by atoms with van der Waals surface area (Å²) >= 11 is 0. The first-order chi connectivity index (χ1) is 8.23. The summed E-state index contributed by atoms with van der Waals surface area (Å²) in [4.78, 5) is 25.5. The third kappa shape index (κ3) is 3.30. The van der Waals surface area contributed by atoms with Crippen LogP contribution in [0.4, 0.5) is 0 Å².